The summed E-state index contributed by atoms with van der Waals surface area (Å²) in [5.41, 5.74) is 2.04. The molecule has 1 aliphatic heterocycles. The minimum Gasteiger partial charge on any atom is -0.486 e. The second-order valence-corrected chi connectivity index (χ2v) is 10.2. The first-order valence-corrected chi connectivity index (χ1v) is 12.5. The van der Waals surface area contributed by atoms with E-state index in [0.717, 1.165) is 11.1 Å². The van der Waals surface area contributed by atoms with Crippen LogP contribution in [0.4, 0.5) is 5.69 Å². The first-order valence-electron chi connectivity index (χ1n) is 9.40. The molecule has 0 unspecified atom stereocenters. The molecule has 0 aromatic heterocycles. The number of nitrogens with one attached hydrogen (secondary N) is 1. The Hall–Kier alpha value is -1.67. The molecular weight excluding hydrogens is 590 g/mol. The molecule has 0 radical (unpaired) electrons. The number of benzene rings is 3. The van der Waals surface area contributed by atoms with Crippen LogP contribution in [0.15, 0.2) is 69.0 Å². The molecule has 33 heavy (non-hydrogen) atoms. The number of carbonyl (C=O) groups is 1. The summed E-state index contributed by atoms with van der Waals surface area (Å²) in [6, 6.07) is 16.1. The normalized spacial score (nSPS) is 15.8. The molecule has 0 aliphatic carbocycles. The molecule has 3 aromatic carbocycles. The lowest BCUT2D eigenvalue weighted by Crippen LogP contribution is -2.19. The minimum absolute atomic E-state index is 0.266. The zero-order valence-electron chi connectivity index (χ0n) is 16.5. The van der Waals surface area contributed by atoms with Gasteiger partial charge in [0.05, 0.1) is 30.1 Å². The van der Waals surface area contributed by atoms with E-state index in [1.807, 2.05) is 24.3 Å². The molecule has 168 valence electrons. The quantitative estimate of drug-likeness (QED) is 0.298. The summed E-state index contributed by atoms with van der Waals surface area (Å²) >= 11 is 29.5. The zero-order chi connectivity index (χ0) is 23.5. The SMILES string of the molecule is O=C1NC(=Nc2cccc(Cl)c2Cl)S/C1=C\c1cc(Cl)c(OCc2ccccc2Cl)c(Br)c1. The number of aliphatic imine (C=N–C) groups is 1. The Morgan fingerprint density at radius 1 is 1.00 bits per heavy atom. The number of hydrogen-bond donors (Lipinski definition) is 1. The number of amides is 1. The number of nitrogens with zero attached hydrogens (tertiary/aromatic N) is 1. The molecule has 3 aromatic rings. The highest BCUT2D eigenvalue weighted by Crippen LogP contribution is 2.38. The van der Waals surface area contributed by atoms with Crippen LogP contribution in [-0.2, 0) is 11.4 Å². The topological polar surface area (TPSA) is 50.7 Å². The Balaban J connectivity index is 1.53. The predicted molar refractivity (Wildman–Crippen MR) is 142 cm³/mol. The minimum atomic E-state index is -0.275. The van der Waals surface area contributed by atoms with Gasteiger partial charge in [-0.1, -0.05) is 70.7 Å². The van der Waals surface area contributed by atoms with Gasteiger partial charge in [0.15, 0.2) is 10.9 Å². The van der Waals surface area contributed by atoms with Crippen LogP contribution in [0.2, 0.25) is 20.1 Å². The predicted octanol–water partition coefficient (Wildman–Crippen LogP) is 8.53. The van der Waals surface area contributed by atoms with Crippen molar-refractivity contribution in [1.29, 1.82) is 0 Å². The number of ether oxygens (including phenoxy) is 1. The third kappa shape index (κ3) is 5.88. The largest absolute Gasteiger partial charge is 0.486 e. The lowest BCUT2D eigenvalue weighted by Gasteiger charge is -2.12. The smallest absolute Gasteiger partial charge is 0.264 e. The van der Waals surface area contributed by atoms with E-state index in [-0.39, 0.29) is 12.5 Å². The number of carbonyl (C=O) groups excluding carboxylic acids is 1. The van der Waals surface area contributed by atoms with E-state index in [0.29, 0.717) is 46.1 Å². The van der Waals surface area contributed by atoms with Crippen LogP contribution in [0.25, 0.3) is 6.08 Å². The van der Waals surface area contributed by atoms with Crippen LogP contribution < -0.4 is 10.1 Å². The molecule has 0 atom stereocenters. The summed E-state index contributed by atoms with van der Waals surface area (Å²) in [7, 11) is 0. The Kier molecular flexibility index (Phi) is 7.95. The van der Waals surface area contributed by atoms with Crippen LogP contribution in [0, 0.1) is 0 Å². The molecule has 4 rings (SSSR count). The van der Waals surface area contributed by atoms with Crippen LogP contribution in [0.3, 0.4) is 0 Å². The maximum Gasteiger partial charge on any atom is 0.264 e. The van der Waals surface area contributed by atoms with Crippen LogP contribution in [-0.4, -0.2) is 11.1 Å². The molecule has 1 amide bonds. The van der Waals surface area contributed by atoms with Crippen molar-refractivity contribution in [1.82, 2.24) is 5.32 Å². The number of thioether (sulfide) groups is 1. The summed E-state index contributed by atoms with van der Waals surface area (Å²) < 4.78 is 6.52. The van der Waals surface area contributed by atoms with Crippen molar-refractivity contribution in [2.75, 3.05) is 0 Å². The van der Waals surface area contributed by atoms with E-state index >= 15 is 0 Å². The molecular formula is C23H13BrCl4N2O2S. The van der Waals surface area contributed by atoms with Crippen molar-refractivity contribution in [2.24, 2.45) is 4.99 Å². The summed E-state index contributed by atoms with van der Waals surface area (Å²) in [4.78, 5) is 17.3. The van der Waals surface area contributed by atoms with Gasteiger partial charge in [-0.15, -0.1) is 0 Å². The lowest BCUT2D eigenvalue weighted by atomic mass is 10.2. The molecule has 1 fully saturated rings. The number of hydrogen-bond acceptors (Lipinski definition) is 4. The van der Waals surface area contributed by atoms with Crippen molar-refractivity contribution < 1.29 is 9.53 Å². The van der Waals surface area contributed by atoms with Crippen molar-refractivity contribution in [3.8, 4) is 5.75 Å². The molecule has 0 spiro atoms. The first kappa shape index (κ1) is 24.5. The Labute approximate surface area is 223 Å². The highest BCUT2D eigenvalue weighted by atomic mass is 79.9. The molecule has 0 saturated carbocycles. The second-order valence-electron chi connectivity index (χ2n) is 6.75. The number of amidine groups is 1. The monoisotopic (exact) mass is 600 g/mol. The third-order valence-electron chi connectivity index (χ3n) is 4.45. The maximum atomic E-state index is 12.4. The van der Waals surface area contributed by atoms with Crippen molar-refractivity contribution in [2.45, 2.75) is 6.61 Å². The van der Waals surface area contributed by atoms with Gasteiger partial charge >= 0.3 is 0 Å². The summed E-state index contributed by atoms with van der Waals surface area (Å²) in [5.74, 6) is 0.211. The molecule has 1 aliphatic rings. The fourth-order valence-corrected chi connectivity index (χ4v) is 5.24. The van der Waals surface area contributed by atoms with E-state index in [1.165, 1.54) is 11.8 Å². The Bertz CT molecular complexity index is 1290. The zero-order valence-corrected chi connectivity index (χ0v) is 22.0. The number of rotatable bonds is 5. The van der Waals surface area contributed by atoms with E-state index in [9.17, 15) is 4.79 Å². The molecule has 10 heteroatoms. The standard InChI is InChI=1S/C23H13BrCl4N2O2S/c24-14-8-12(9-17(27)21(14)32-11-13-4-1-2-5-15(13)25)10-19-22(31)30-23(33-19)29-18-7-3-6-16(26)20(18)28/h1-10H,11H2,(H,29,30,31)/b19-10-. The average Bonchev–Trinajstić information content (AvgIpc) is 3.10. The van der Waals surface area contributed by atoms with Gasteiger partial charge in [-0.2, -0.15) is 0 Å². The fourth-order valence-electron chi connectivity index (χ4n) is 2.89. The molecule has 1 saturated heterocycles. The van der Waals surface area contributed by atoms with Crippen molar-refractivity contribution in [3.63, 3.8) is 0 Å². The first-order chi connectivity index (χ1) is 15.8. The van der Waals surface area contributed by atoms with E-state index in [1.54, 1.807) is 36.4 Å². The molecule has 1 N–H and O–H groups in total. The maximum absolute atomic E-state index is 12.4. The Morgan fingerprint density at radius 3 is 2.52 bits per heavy atom. The van der Waals surface area contributed by atoms with E-state index < -0.39 is 0 Å². The van der Waals surface area contributed by atoms with Crippen LogP contribution in [0.5, 0.6) is 5.75 Å². The Morgan fingerprint density at radius 2 is 1.76 bits per heavy atom. The van der Waals surface area contributed by atoms with Gasteiger partial charge in [-0.3, -0.25) is 4.79 Å². The summed E-state index contributed by atoms with van der Waals surface area (Å²) in [6.45, 7) is 0.266. The molecule has 0 bridgehead atoms. The number of halogens is 5. The highest BCUT2D eigenvalue weighted by Gasteiger charge is 2.24. The van der Waals surface area contributed by atoms with Crippen LogP contribution >= 0.6 is 74.1 Å². The van der Waals surface area contributed by atoms with Crippen molar-refractivity contribution in [3.05, 3.63) is 95.2 Å². The lowest BCUT2D eigenvalue weighted by molar-refractivity contribution is -0.115. The summed E-state index contributed by atoms with van der Waals surface area (Å²) in [6.07, 6.45) is 1.72. The van der Waals surface area contributed by atoms with Crippen LogP contribution in [0.1, 0.15) is 11.1 Å². The second kappa shape index (κ2) is 10.7. The molecule has 1 heterocycles. The summed E-state index contributed by atoms with van der Waals surface area (Å²) in [5, 5.41) is 4.85. The fraction of sp³-hybridized carbons (Fsp3) is 0.0435. The van der Waals surface area contributed by atoms with Gasteiger partial charge in [0.25, 0.3) is 5.91 Å². The van der Waals surface area contributed by atoms with Gasteiger partial charge in [-0.05, 0) is 69.7 Å². The average molecular weight is 603 g/mol. The van der Waals surface area contributed by atoms with E-state index in [4.69, 9.17) is 51.1 Å². The van der Waals surface area contributed by atoms with Gasteiger partial charge < -0.3 is 10.1 Å². The van der Waals surface area contributed by atoms with Gasteiger partial charge in [-0.25, -0.2) is 4.99 Å². The van der Waals surface area contributed by atoms with Gasteiger partial charge in [0.2, 0.25) is 0 Å². The van der Waals surface area contributed by atoms with E-state index in [2.05, 4.69) is 26.2 Å². The van der Waals surface area contributed by atoms with Gasteiger partial charge in [0.1, 0.15) is 6.61 Å². The molecule has 4 nitrogen and oxygen atoms in total. The van der Waals surface area contributed by atoms with Crippen molar-refractivity contribution >= 4 is 96.9 Å². The third-order valence-corrected chi connectivity index (χ3v) is 7.41. The van der Waals surface area contributed by atoms with Gasteiger partial charge in [0, 0.05) is 10.6 Å². The highest BCUT2D eigenvalue weighted by molar-refractivity contribution is 9.10.